The molecule has 5 amide bonds. The number of alkyl carbamates (subject to hydrolysis) is 1. The minimum atomic E-state index is -0.956. The van der Waals surface area contributed by atoms with Gasteiger partial charge in [-0.1, -0.05) is 0 Å². The van der Waals surface area contributed by atoms with Gasteiger partial charge in [-0.2, -0.15) is 0 Å². The van der Waals surface area contributed by atoms with E-state index in [4.69, 9.17) is 9.47 Å². The molecule has 1 N–H and O–H groups in total. The number of amides is 5. The van der Waals surface area contributed by atoms with Crippen molar-refractivity contribution in [1.29, 1.82) is 0 Å². The second-order valence-electron chi connectivity index (χ2n) is 12.5. The van der Waals surface area contributed by atoms with Gasteiger partial charge in [-0.05, 0) is 64.7 Å². The van der Waals surface area contributed by atoms with Crippen molar-refractivity contribution in [2.45, 2.75) is 76.6 Å². The number of benzene rings is 1. The monoisotopic (exact) mass is 603 g/mol. The van der Waals surface area contributed by atoms with Gasteiger partial charge < -0.3 is 34.4 Å². The normalized spacial score (nSPS) is 24.1. The summed E-state index contributed by atoms with van der Waals surface area (Å²) in [5.41, 5.74) is -0.773. The Kier molecular flexibility index (Phi) is 9.81. The lowest BCUT2D eigenvalue weighted by atomic mass is 10.1. The summed E-state index contributed by atoms with van der Waals surface area (Å²) in [5.74, 6) is -2.14. The zero-order chi connectivity index (χ0) is 31.5. The lowest BCUT2D eigenvalue weighted by Crippen LogP contribution is -2.49. The molecule has 3 atom stereocenters. The van der Waals surface area contributed by atoms with Gasteiger partial charge in [-0.15, -0.1) is 0 Å². The molecule has 3 heterocycles. The highest BCUT2D eigenvalue weighted by Gasteiger charge is 2.39. The van der Waals surface area contributed by atoms with E-state index in [0.717, 1.165) is 18.9 Å². The van der Waals surface area contributed by atoms with Gasteiger partial charge in [0.2, 0.25) is 17.7 Å². The molecule has 12 nitrogen and oxygen atoms in total. The predicted octanol–water partition coefficient (Wildman–Crippen LogP) is 2.01. The number of likely N-dealkylation sites (tertiary alicyclic amines) is 1. The lowest BCUT2D eigenvalue weighted by molar-refractivity contribution is -0.141. The Balaban J connectivity index is 1.63. The number of hydrogen-bond donors (Lipinski definition) is 1. The predicted molar refractivity (Wildman–Crippen MR) is 154 cm³/mol. The SMILES string of the molecule is CN1CC(=O)N2C[C@@H](NC(=O)OC(C)(C)C)C[C@H]2COc2ccc(F)cc2C(=O)N(C)[C@@H](C(=O)N2CCCC2)CCC1=O. The zero-order valence-electron chi connectivity index (χ0n) is 25.6. The van der Waals surface area contributed by atoms with E-state index in [1.54, 1.807) is 30.6 Å². The molecule has 0 spiro atoms. The van der Waals surface area contributed by atoms with Gasteiger partial charge in [0.25, 0.3) is 5.91 Å². The average Bonchev–Trinajstić information content (AvgIpc) is 3.60. The Labute approximate surface area is 251 Å². The first-order chi connectivity index (χ1) is 20.2. The van der Waals surface area contributed by atoms with Gasteiger partial charge >= 0.3 is 6.09 Å². The summed E-state index contributed by atoms with van der Waals surface area (Å²) in [4.78, 5) is 72.0. The first-order valence-electron chi connectivity index (χ1n) is 14.7. The van der Waals surface area contributed by atoms with Crippen molar-refractivity contribution >= 4 is 29.7 Å². The molecule has 1 aromatic carbocycles. The summed E-state index contributed by atoms with van der Waals surface area (Å²) < 4.78 is 25.8. The third kappa shape index (κ3) is 7.94. The highest BCUT2D eigenvalue weighted by Crippen LogP contribution is 2.27. The maximum absolute atomic E-state index is 14.4. The largest absolute Gasteiger partial charge is 0.491 e. The lowest BCUT2D eigenvalue weighted by Gasteiger charge is -2.31. The van der Waals surface area contributed by atoms with Crippen LogP contribution in [-0.2, 0) is 19.1 Å². The molecule has 13 heteroatoms. The third-order valence-electron chi connectivity index (χ3n) is 7.98. The summed E-state index contributed by atoms with van der Waals surface area (Å²) in [6.07, 6.45) is 1.38. The van der Waals surface area contributed by atoms with Crippen molar-refractivity contribution in [3.05, 3.63) is 29.6 Å². The van der Waals surface area contributed by atoms with Gasteiger partial charge in [0.15, 0.2) is 0 Å². The molecule has 0 unspecified atom stereocenters. The van der Waals surface area contributed by atoms with Crippen LogP contribution in [0.4, 0.5) is 9.18 Å². The number of carbonyl (C=O) groups is 5. The molecule has 3 aliphatic rings. The summed E-state index contributed by atoms with van der Waals surface area (Å²) in [7, 11) is 2.98. The van der Waals surface area contributed by atoms with E-state index < -0.39 is 41.5 Å². The van der Waals surface area contributed by atoms with Crippen LogP contribution < -0.4 is 10.1 Å². The van der Waals surface area contributed by atoms with Crippen LogP contribution in [0, 0.1) is 5.82 Å². The average molecular weight is 604 g/mol. The quantitative estimate of drug-likeness (QED) is 0.548. The van der Waals surface area contributed by atoms with Crippen LogP contribution in [0.2, 0.25) is 0 Å². The Morgan fingerprint density at radius 3 is 2.44 bits per heavy atom. The molecule has 3 aliphatic heterocycles. The molecule has 0 radical (unpaired) electrons. The first kappa shape index (κ1) is 32.0. The van der Waals surface area contributed by atoms with Crippen LogP contribution in [-0.4, -0.2) is 120 Å². The molecule has 0 bridgehead atoms. The van der Waals surface area contributed by atoms with Crippen molar-refractivity contribution in [3.63, 3.8) is 0 Å². The van der Waals surface area contributed by atoms with E-state index in [2.05, 4.69) is 5.32 Å². The minimum Gasteiger partial charge on any atom is -0.491 e. The molecule has 0 saturated carbocycles. The van der Waals surface area contributed by atoms with E-state index in [1.165, 1.54) is 36.0 Å². The number of nitrogens with zero attached hydrogens (tertiary/aromatic N) is 4. The van der Waals surface area contributed by atoms with E-state index in [-0.39, 0.29) is 61.6 Å². The molecule has 4 rings (SSSR count). The summed E-state index contributed by atoms with van der Waals surface area (Å²) in [6.45, 7) is 6.27. The number of carbonyl (C=O) groups excluding carboxylic acids is 5. The molecule has 2 fully saturated rings. The minimum absolute atomic E-state index is 0.0364. The fourth-order valence-corrected chi connectivity index (χ4v) is 5.74. The van der Waals surface area contributed by atoms with Crippen molar-refractivity contribution in [2.75, 3.05) is 46.9 Å². The third-order valence-corrected chi connectivity index (χ3v) is 7.98. The number of fused-ring (bicyclic) bond motifs is 2. The number of likely N-dealkylation sites (N-methyl/N-ethyl adjacent to an activating group) is 2. The van der Waals surface area contributed by atoms with Crippen molar-refractivity contribution in [1.82, 2.24) is 24.9 Å². The molecular weight excluding hydrogens is 561 g/mol. The maximum Gasteiger partial charge on any atom is 0.407 e. The Morgan fingerprint density at radius 2 is 1.77 bits per heavy atom. The molecule has 1 aromatic rings. The van der Waals surface area contributed by atoms with Gasteiger partial charge in [0.05, 0.1) is 24.2 Å². The maximum atomic E-state index is 14.4. The second kappa shape index (κ2) is 13.2. The number of halogens is 1. The topological polar surface area (TPSA) is 129 Å². The van der Waals surface area contributed by atoms with Crippen LogP contribution in [0.5, 0.6) is 5.75 Å². The summed E-state index contributed by atoms with van der Waals surface area (Å²) in [5, 5.41) is 2.80. The van der Waals surface area contributed by atoms with Crippen LogP contribution in [0.3, 0.4) is 0 Å². The number of hydrogen-bond acceptors (Lipinski definition) is 7. The fourth-order valence-electron chi connectivity index (χ4n) is 5.74. The molecule has 2 saturated heterocycles. The van der Waals surface area contributed by atoms with Crippen LogP contribution in [0.15, 0.2) is 18.2 Å². The number of nitrogens with one attached hydrogen (secondary N) is 1. The number of ether oxygens (including phenoxy) is 2. The van der Waals surface area contributed by atoms with Gasteiger partial charge in [0.1, 0.15) is 29.8 Å². The van der Waals surface area contributed by atoms with E-state index in [9.17, 15) is 28.4 Å². The first-order valence-corrected chi connectivity index (χ1v) is 14.7. The standard InChI is InChI=1S/C30H42FN5O7/c1-30(2,3)43-29(41)32-20-15-21-18-42-24-10-8-19(31)14-22(24)27(39)34(5)23(28(40)35-12-6-7-13-35)9-11-25(37)33(4)17-26(38)36(21)16-20/h8,10,14,20-21,23H,6-7,9,11-13,15-18H2,1-5H3,(H,32,41)/t20-,21-,23+/m0/s1. The molecule has 43 heavy (non-hydrogen) atoms. The van der Waals surface area contributed by atoms with Crippen LogP contribution in [0.25, 0.3) is 0 Å². The van der Waals surface area contributed by atoms with E-state index >= 15 is 0 Å². The fraction of sp³-hybridized carbons (Fsp3) is 0.633. The molecule has 0 aliphatic carbocycles. The molecular formula is C30H42FN5O7. The summed E-state index contributed by atoms with van der Waals surface area (Å²) in [6, 6.07) is 1.67. The van der Waals surface area contributed by atoms with Gasteiger partial charge in [-0.3, -0.25) is 19.2 Å². The Hall–Kier alpha value is -3.90. The van der Waals surface area contributed by atoms with Crippen molar-refractivity contribution in [2.24, 2.45) is 0 Å². The zero-order valence-corrected chi connectivity index (χ0v) is 25.6. The highest BCUT2D eigenvalue weighted by molar-refractivity contribution is 5.99. The van der Waals surface area contributed by atoms with Crippen LogP contribution >= 0.6 is 0 Å². The van der Waals surface area contributed by atoms with E-state index in [0.29, 0.717) is 19.5 Å². The Morgan fingerprint density at radius 1 is 1.07 bits per heavy atom. The van der Waals surface area contributed by atoms with E-state index in [1.807, 2.05) is 0 Å². The molecule has 0 aromatic heterocycles. The highest BCUT2D eigenvalue weighted by atomic mass is 19.1. The number of rotatable bonds is 2. The van der Waals surface area contributed by atoms with Crippen molar-refractivity contribution in [3.8, 4) is 5.75 Å². The van der Waals surface area contributed by atoms with Gasteiger partial charge in [-0.25, -0.2) is 9.18 Å². The van der Waals surface area contributed by atoms with Crippen molar-refractivity contribution < 1.29 is 37.8 Å². The Bertz CT molecular complexity index is 1250. The molecule has 236 valence electrons. The van der Waals surface area contributed by atoms with Crippen LogP contribution in [0.1, 0.15) is 63.2 Å². The summed E-state index contributed by atoms with van der Waals surface area (Å²) >= 11 is 0. The second-order valence-corrected chi connectivity index (χ2v) is 12.5. The van der Waals surface area contributed by atoms with Gasteiger partial charge in [0, 0.05) is 40.2 Å². The smallest absolute Gasteiger partial charge is 0.407 e.